The van der Waals surface area contributed by atoms with Crippen LogP contribution in [0.1, 0.15) is 28.0 Å². The molecule has 50 heavy (non-hydrogen) atoms. The highest BCUT2D eigenvalue weighted by atomic mass is 32.1. The van der Waals surface area contributed by atoms with Crippen molar-refractivity contribution in [3.63, 3.8) is 0 Å². The molecule has 3 heterocycles. The van der Waals surface area contributed by atoms with Crippen LogP contribution in [0.5, 0.6) is 5.88 Å². The van der Waals surface area contributed by atoms with Crippen molar-refractivity contribution < 1.29 is 32.7 Å². The Bertz CT molecular complexity index is 2080. The van der Waals surface area contributed by atoms with Crippen molar-refractivity contribution in [3.05, 3.63) is 115 Å². The number of benzene rings is 2. The van der Waals surface area contributed by atoms with E-state index < -0.39 is 47.1 Å². The molecule has 2 aromatic carbocycles. The van der Waals surface area contributed by atoms with E-state index in [1.54, 1.807) is 12.1 Å². The second-order valence-electron chi connectivity index (χ2n) is 10.9. The highest BCUT2D eigenvalue weighted by Gasteiger charge is 2.26. The summed E-state index contributed by atoms with van der Waals surface area (Å²) < 4.78 is 42.3. The van der Waals surface area contributed by atoms with Gasteiger partial charge in [-0.15, -0.1) is 21.5 Å². The van der Waals surface area contributed by atoms with Crippen LogP contribution in [0.4, 0.5) is 18.4 Å². The van der Waals surface area contributed by atoms with Gasteiger partial charge < -0.3 is 19.7 Å². The first-order valence-electron chi connectivity index (χ1n) is 15.2. The van der Waals surface area contributed by atoms with E-state index >= 15 is 0 Å². The van der Waals surface area contributed by atoms with Gasteiger partial charge in [0.25, 0.3) is 5.56 Å². The minimum Gasteiger partial charge on any atom is -0.480 e. The lowest BCUT2D eigenvalue weighted by Crippen LogP contribution is -2.40. The molecule has 3 aromatic heterocycles. The molecule has 2 N–H and O–H groups in total. The number of hydroxylamine groups is 1. The van der Waals surface area contributed by atoms with Gasteiger partial charge in [-0.05, 0) is 36.6 Å². The number of ether oxygens (including phenoxy) is 2. The van der Waals surface area contributed by atoms with Crippen LogP contribution in [0.15, 0.2) is 70.3 Å². The van der Waals surface area contributed by atoms with E-state index in [2.05, 4.69) is 25.8 Å². The average molecular weight is 710 g/mol. The fourth-order valence-electron chi connectivity index (χ4n) is 5.12. The van der Waals surface area contributed by atoms with Gasteiger partial charge in [-0.1, -0.05) is 36.4 Å². The fourth-order valence-corrected chi connectivity index (χ4v) is 6.45. The predicted octanol–water partition coefficient (Wildman–Crippen LogP) is 3.90. The molecule has 0 saturated carbocycles. The third-order valence-electron chi connectivity index (χ3n) is 7.57. The molecule has 0 fully saturated rings. The Morgan fingerprint density at radius 2 is 1.70 bits per heavy atom. The first-order chi connectivity index (χ1) is 24.1. The van der Waals surface area contributed by atoms with Gasteiger partial charge in [-0.3, -0.25) is 14.2 Å². The van der Waals surface area contributed by atoms with Crippen LogP contribution in [0.2, 0.25) is 0 Å². The van der Waals surface area contributed by atoms with E-state index in [9.17, 15) is 28.0 Å². The van der Waals surface area contributed by atoms with Crippen LogP contribution in [0.3, 0.4) is 0 Å². The largest absolute Gasteiger partial charge is 0.480 e. The fraction of sp³-hybridized carbons (Fsp3) is 0.273. The normalized spacial score (nSPS) is 11.0. The van der Waals surface area contributed by atoms with E-state index in [4.69, 9.17) is 9.47 Å². The number of hydrogen-bond acceptors (Lipinski definition) is 10. The molecule has 5 aromatic rings. The van der Waals surface area contributed by atoms with Crippen LogP contribution in [-0.2, 0) is 35.7 Å². The molecule has 0 radical (unpaired) electrons. The van der Waals surface area contributed by atoms with Gasteiger partial charge in [0.2, 0.25) is 5.88 Å². The number of hydrogen-bond donors (Lipinski definition) is 2. The molecule has 14 nitrogen and oxygen atoms in total. The summed E-state index contributed by atoms with van der Waals surface area (Å²) in [6.45, 7) is -0.481. The monoisotopic (exact) mass is 709 g/mol. The quantitative estimate of drug-likeness (QED) is 0.137. The summed E-state index contributed by atoms with van der Waals surface area (Å²) in [5.41, 5.74) is 1.21. The number of fused-ring (bicyclic) bond motifs is 1. The van der Waals surface area contributed by atoms with E-state index in [0.29, 0.717) is 23.3 Å². The lowest BCUT2D eigenvalue weighted by Gasteiger charge is -2.18. The number of thiophene rings is 1. The molecular formula is C33H33F2N7O7S. The van der Waals surface area contributed by atoms with Gasteiger partial charge >= 0.3 is 17.8 Å². The van der Waals surface area contributed by atoms with Gasteiger partial charge in [0.05, 0.1) is 32.7 Å². The van der Waals surface area contributed by atoms with Gasteiger partial charge in [-0.25, -0.2) is 33.2 Å². The Morgan fingerprint density at radius 3 is 2.36 bits per heavy atom. The third kappa shape index (κ3) is 7.95. The molecular weight excluding hydrogens is 676 g/mol. The zero-order valence-electron chi connectivity index (χ0n) is 27.3. The lowest BCUT2D eigenvalue weighted by molar-refractivity contribution is 0.103. The smallest absolute Gasteiger partial charge is 0.410 e. The second kappa shape index (κ2) is 16.1. The summed E-state index contributed by atoms with van der Waals surface area (Å²) in [6, 6.07) is 14.6. The zero-order valence-corrected chi connectivity index (χ0v) is 28.1. The van der Waals surface area contributed by atoms with Crippen molar-refractivity contribution in [2.24, 2.45) is 0 Å². The number of methoxy groups -OCH3 is 1. The summed E-state index contributed by atoms with van der Waals surface area (Å²) in [6.07, 6.45) is -0.0114. The summed E-state index contributed by atoms with van der Waals surface area (Å²) in [5, 5.41) is 10.5. The summed E-state index contributed by atoms with van der Waals surface area (Å²) in [4.78, 5) is 60.0. The van der Waals surface area contributed by atoms with Crippen LogP contribution in [-0.4, -0.2) is 64.2 Å². The molecule has 0 saturated heterocycles. The topological polar surface area (TPSA) is 159 Å². The standard InChI is InChI=1S/C33H33F2N7O7S/c1-40(33(46)49-19-20-9-5-4-6-10-20)17-22-25(13-8-16-36-31(44)39-48-3)50-30-28(22)29(43)42(26-14-15-27(47-2)38-37-26)32(45)41(30)18-21-23(34)11-7-12-24(21)35/h4-7,9-12,14-15H,8,13,16-19H2,1-3H3,(H2,36,39,44). The Hall–Kier alpha value is -5.68. The van der Waals surface area contributed by atoms with E-state index in [0.717, 1.165) is 38.2 Å². The van der Waals surface area contributed by atoms with Crippen molar-refractivity contribution in [1.82, 2.24) is 35.0 Å². The van der Waals surface area contributed by atoms with Crippen LogP contribution < -0.4 is 26.8 Å². The maximum absolute atomic E-state index is 15.0. The molecule has 262 valence electrons. The number of urea groups is 1. The molecule has 3 amide bonds. The summed E-state index contributed by atoms with van der Waals surface area (Å²) >= 11 is 1.07. The minimum atomic E-state index is -0.919. The number of carbonyl (C=O) groups is 2. The van der Waals surface area contributed by atoms with Crippen molar-refractivity contribution in [1.29, 1.82) is 0 Å². The molecule has 0 aliphatic heterocycles. The molecule has 0 bridgehead atoms. The SMILES string of the molecule is CONC(=O)NCCCc1sc2c(c1CN(C)C(=O)OCc1ccccc1)c(=O)n(-c1ccc(OC)nn1)c(=O)n2Cc1c(F)cccc1F. The number of rotatable bonds is 13. The van der Waals surface area contributed by atoms with Crippen LogP contribution in [0.25, 0.3) is 16.0 Å². The van der Waals surface area contributed by atoms with Crippen molar-refractivity contribution >= 4 is 33.7 Å². The molecule has 17 heteroatoms. The van der Waals surface area contributed by atoms with Crippen LogP contribution in [0, 0.1) is 11.6 Å². The molecule has 0 aliphatic carbocycles. The van der Waals surface area contributed by atoms with E-state index in [1.165, 1.54) is 44.4 Å². The van der Waals surface area contributed by atoms with Crippen LogP contribution >= 0.6 is 11.3 Å². The van der Waals surface area contributed by atoms with E-state index in [1.807, 2.05) is 18.2 Å². The number of carbonyl (C=O) groups excluding carboxylic acids is 2. The maximum Gasteiger partial charge on any atom is 0.410 e. The lowest BCUT2D eigenvalue weighted by atomic mass is 10.1. The Morgan fingerprint density at radius 1 is 0.960 bits per heavy atom. The number of nitrogens with one attached hydrogen (secondary N) is 2. The van der Waals surface area contributed by atoms with Gasteiger partial charge in [0, 0.05) is 35.7 Å². The second-order valence-corrected chi connectivity index (χ2v) is 12.0. The average Bonchev–Trinajstić information content (AvgIpc) is 3.47. The number of halogens is 2. The predicted molar refractivity (Wildman–Crippen MR) is 179 cm³/mol. The Labute approximate surface area is 287 Å². The maximum atomic E-state index is 15.0. The van der Waals surface area contributed by atoms with Gasteiger partial charge in [0.15, 0.2) is 5.82 Å². The molecule has 0 unspecified atom stereocenters. The molecule has 0 aliphatic rings. The highest BCUT2D eigenvalue weighted by Crippen LogP contribution is 2.32. The van der Waals surface area contributed by atoms with Crippen molar-refractivity contribution in [2.45, 2.75) is 32.5 Å². The minimum absolute atomic E-state index is 0.00710. The highest BCUT2D eigenvalue weighted by molar-refractivity contribution is 7.18. The first kappa shape index (κ1) is 35.6. The van der Waals surface area contributed by atoms with Crippen molar-refractivity contribution in [3.8, 4) is 11.7 Å². The van der Waals surface area contributed by atoms with Crippen molar-refractivity contribution in [2.75, 3.05) is 27.8 Å². The Kier molecular flexibility index (Phi) is 11.5. The third-order valence-corrected chi connectivity index (χ3v) is 8.89. The number of aryl methyl sites for hydroxylation is 1. The summed E-state index contributed by atoms with van der Waals surface area (Å²) in [5.74, 6) is -1.80. The van der Waals surface area contributed by atoms with Gasteiger partial charge in [0.1, 0.15) is 23.1 Å². The number of amides is 3. The molecule has 0 atom stereocenters. The number of nitrogens with zero attached hydrogens (tertiary/aromatic N) is 5. The first-order valence-corrected chi connectivity index (χ1v) is 16.0. The zero-order chi connectivity index (χ0) is 35.8. The summed E-state index contributed by atoms with van der Waals surface area (Å²) in [7, 11) is 4.16. The molecule has 0 spiro atoms. The van der Waals surface area contributed by atoms with E-state index in [-0.39, 0.29) is 41.6 Å². The number of aromatic nitrogens is 4. The Balaban J connectivity index is 1.64. The van der Waals surface area contributed by atoms with Gasteiger partial charge in [-0.2, -0.15) is 0 Å². The molecule has 5 rings (SSSR count).